The number of para-hydroxylation sites is 1. The molecule has 2 aromatic rings. The van der Waals surface area contributed by atoms with Gasteiger partial charge in [-0.3, -0.25) is 9.69 Å². The first-order chi connectivity index (χ1) is 13.1. The molecule has 0 spiro atoms. The third kappa shape index (κ3) is 4.34. The van der Waals surface area contributed by atoms with Crippen molar-refractivity contribution in [2.75, 3.05) is 17.8 Å². The lowest BCUT2D eigenvalue weighted by Gasteiger charge is -2.33. The lowest BCUT2D eigenvalue weighted by molar-refractivity contribution is -0.142. The topological polar surface area (TPSA) is 58.6 Å². The molecule has 1 aliphatic rings. The van der Waals surface area contributed by atoms with E-state index in [4.69, 9.17) is 4.74 Å². The lowest BCUT2D eigenvalue weighted by Crippen LogP contribution is -2.47. The van der Waals surface area contributed by atoms with Crippen LogP contribution in [0.5, 0.6) is 0 Å². The Morgan fingerprint density at radius 3 is 2.56 bits per heavy atom. The molecule has 3 rings (SSSR count). The minimum absolute atomic E-state index is 0.0742. The largest absolute Gasteiger partial charge is 0.467 e. The number of esters is 1. The maximum atomic E-state index is 13.2. The number of amides is 1. The normalized spacial score (nSPS) is 14.0. The number of thiol groups is 1. The molecule has 140 valence electrons. The summed E-state index contributed by atoms with van der Waals surface area (Å²) >= 11 is 4.23. The number of methoxy groups -OCH3 is 1. The van der Waals surface area contributed by atoms with Gasteiger partial charge in [0.15, 0.2) is 0 Å². The van der Waals surface area contributed by atoms with Crippen molar-refractivity contribution in [3.05, 3.63) is 77.6 Å². The van der Waals surface area contributed by atoms with Crippen LogP contribution in [-0.4, -0.2) is 30.8 Å². The molecule has 1 heterocycles. The second kappa shape index (κ2) is 8.77. The third-order valence-corrected chi connectivity index (χ3v) is 4.79. The average molecular weight is 382 g/mol. The smallest absolute Gasteiger partial charge is 0.329 e. The molecule has 5 nitrogen and oxygen atoms in total. The summed E-state index contributed by atoms with van der Waals surface area (Å²) in [5.74, 6) is 0.348. The molecule has 1 aliphatic heterocycles. The monoisotopic (exact) mass is 382 g/mol. The van der Waals surface area contributed by atoms with E-state index in [9.17, 15) is 9.59 Å². The summed E-state index contributed by atoms with van der Waals surface area (Å²) in [6, 6.07) is 16.7. The molecular weight excluding hydrogens is 360 g/mol. The van der Waals surface area contributed by atoms with Crippen LogP contribution in [0.2, 0.25) is 0 Å². The number of hydrogen-bond donors (Lipinski definition) is 2. The van der Waals surface area contributed by atoms with Crippen LogP contribution in [0.3, 0.4) is 0 Å². The van der Waals surface area contributed by atoms with Crippen LogP contribution >= 0.6 is 12.6 Å². The Morgan fingerprint density at radius 2 is 1.85 bits per heavy atom. The molecule has 0 unspecified atom stereocenters. The molecule has 1 N–H and O–H groups in total. The average Bonchev–Trinajstić information content (AvgIpc) is 2.71. The van der Waals surface area contributed by atoms with Crippen molar-refractivity contribution in [2.45, 2.75) is 18.9 Å². The number of ether oxygens (including phenoxy) is 1. The van der Waals surface area contributed by atoms with Gasteiger partial charge in [0, 0.05) is 5.75 Å². The molecule has 0 saturated heterocycles. The van der Waals surface area contributed by atoms with E-state index in [1.807, 2.05) is 60.7 Å². The Kier molecular flexibility index (Phi) is 6.19. The van der Waals surface area contributed by atoms with Gasteiger partial charge in [0.05, 0.1) is 19.2 Å². The van der Waals surface area contributed by atoms with Crippen LogP contribution in [0.1, 0.15) is 11.1 Å². The third-order valence-electron chi connectivity index (χ3n) is 4.43. The molecule has 1 amide bonds. The van der Waals surface area contributed by atoms with Crippen LogP contribution < -0.4 is 10.2 Å². The zero-order valence-electron chi connectivity index (χ0n) is 15.1. The fourth-order valence-electron chi connectivity index (χ4n) is 3.07. The minimum atomic E-state index is -0.637. The van der Waals surface area contributed by atoms with Crippen molar-refractivity contribution in [3.8, 4) is 0 Å². The van der Waals surface area contributed by atoms with Gasteiger partial charge < -0.3 is 10.1 Å². The van der Waals surface area contributed by atoms with Gasteiger partial charge in [0.25, 0.3) is 0 Å². The Morgan fingerprint density at radius 1 is 1.15 bits per heavy atom. The molecule has 0 saturated carbocycles. The highest BCUT2D eigenvalue weighted by molar-refractivity contribution is 7.80. The van der Waals surface area contributed by atoms with E-state index in [1.165, 1.54) is 7.11 Å². The van der Waals surface area contributed by atoms with Crippen LogP contribution in [-0.2, 0) is 27.2 Å². The molecule has 0 bridgehead atoms. The van der Waals surface area contributed by atoms with Gasteiger partial charge in [0.1, 0.15) is 11.9 Å². The fourth-order valence-corrected chi connectivity index (χ4v) is 3.31. The summed E-state index contributed by atoms with van der Waals surface area (Å²) in [6.07, 6.45) is 2.86. The highest BCUT2D eigenvalue weighted by Crippen LogP contribution is 2.29. The predicted molar refractivity (Wildman–Crippen MR) is 109 cm³/mol. The zero-order chi connectivity index (χ0) is 19.2. The maximum absolute atomic E-state index is 13.2. The standard InChI is InChI=1S/C21H22N2O3S/c1-26-21(25)17(14-27)22-19-12-11-16-9-5-6-10-18(16)23(19)20(24)13-15-7-3-2-4-8-15/h2-10,12,17,22,27H,11,13-14H2,1H3/t17-/m1/s1. The van der Waals surface area contributed by atoms with Crippen molar-refractivity contribution in [3.63, 3.8) is 0 Å². The first-order valence-electron chi connectivity index (χ1n) is 8.74. The van der Waals surface area contributed by atoms with Crippen LogP contribution in [0, 0.1) is 0 Å². The van der Waals surface area contributed by atoms with E-state index in [2.05, 4.69) is 17.9 Å². The molecule has 1 atom stereocenters. The maximum Gasteiger partial charge on any atom is 0.329 e. The van der Waals surface area contributed by atoms with E-state index in [0.717, 1.165) is 16.8 Å². The number of allylic oxidation sites excluding steroid dienone is 1. The zero-order valence-corrected chi connectivity index (χ0v) is 16.0. The summed E-state index contributed by atoms with van der Waals surface area (Å²) < 4.78 is 4.82. The van der Waals surface area contributed by atoms with Gasteiger partial charge in [-0.05, 0) is 29.7 Å². The number of rotatable bonds is 6. The van der Waals surface area contributed by atoms with E-state index >= 15 is 0 Å². The molecule has 0 aliphatic carbocycles. The van der Waals surface area contributed by atoms with E-state index in [-0.39, 0.29) is 18.1 Å². The number of hydrogen-bond acceptors (Lipinski definition) is 5. The quantitative estimate of drug-likeness (QED) is 0.596. The Bertz CT molecular complexity index is 852. The molecule has 0 radical (unpaired) electrons. The Hall–Kier alpha value is -2.73. The molecule has 0 fully saturated rings. The molecule has 6 heteroatoms. The predicted octanol–water partition coefficient (Wildman–Crippen LogP) is 2.72. The summed E-state index contributed by atoms with van der Waals surface area (Å²) in [6.45, 7) is 0. The van der Waals surface area contributed by atoms with Crippen molar-refractivity contribution in [2.24, 2.45) is 0 Å². The summed E-state index contributed by atoms with van der Waals surface area (Å²) in [7, 11) is 1.34. The number of benzene rings is 2. The van der Waals surface area contributed by atoms with Gasteiger partial charge in [-0.15, -0.1) is 0 Å². The summed E-state index contributed by atoms with van der Waals surface area (Å²) in [5, 5.41) is 3.13. The second-order valence-electron chi connectivity index (χ2n) is 6.22. The fraction of sp³-hybridized carbons (Fsp3) is 0.238. The number of carbonyl (C=O) groups is 2. The molecule has 0 aromatic heterocycles. The number of nitrogens with one attached hydrogen (secondary N) is 1. The summed E-state index contributed by atoms with van der Waals surface area (Å²) in [4.78, 5) is 26.8. The SMILES string of the molecule is COC(=O)[C@@H](CS)NC1=CCc2ccccc2N1C(=O)Cc1ccccc1. The minimum Gasteiger partial charge on any atom is -0.467 e. The number of fused-ring (bicyclic) bond motifs is 1. The Balaban J connectivity index is 1.90. The number of anilines is 1. The molecule has 2 aromatic carbocycles. The van der Waals surface area contributed by atoms with Crippen molar-refractivity contribution >= 4 is 30.2 Å². The highest BCUT2D eigenvalue weighted by Gasteiger charge is 2.28. The second-order valence-corrected chi connectivity index (χ2v) is 6.58. The molecular formula is C21H22N2O3S. The van der Waals surface area contributed by atoms with E-state index in [1.54, 1.807) is 4.90 Å². The van der Waals surface area contributed by atoms with E-state index in [0.29, 0.717) is 12.2 Å². The van der Waals surface area contributed by atoms with Gasteiger partial charge >= 0.3 is 5.97 Å². The first-order valence-corrected chi connectivity index (χ1v) is 9.37. The lowest BCUT2D eigenvalue weighted by atomic mass is 10.0. The van der Waals surface area contributed by atoms with Crippen LogP contribution in [0.25, 0.3) is 0 Å². The van der Waals surface area contributed by atoms with Gasteiger partial charge in [0.2, 0.25) is 5.91 Å². The van der Waals surface area contributed by atoms with Crippen molar-refractivity contribution in [1.29, 1.82) is 0 Å². The summed E-state index contributed by atoms with van der Waals surface area (Å²) in [5.41, 5.74) is 2.82. The number of carbonyl (C=O) groups excluding carboxylic acids is 2. The van der Waals surface area contributed by atoms with Crippen LogP contribution in [0.15, 0.2) is 66.5 Å². The molecule has 27 heavy (non-hydrogen) atoms. The Labute approximate surface area is 164 Å². The van der Waals surface area contributed by atoms with Gasteiger partial charge in [-0.25, -0.2) is 4.79 Å². The van der Waals surface area contributed by atoms with E-state index < -0.39 is 12.0 Å². The number of nitrogens with zero attached hydrogens (tertiary/aromatic N) is 1. The highest BCUT2D eigenvalue weighted by atomic mass is 32.1. The van der Waals surface area contributed by atoms with Crippen molar-refractivity contribution < 1.29 is 14.3 Å². The first kappa shape index (κ1) is 19.0. The van der Waals surface area contributed by atoms with Gasteiger partial charge in [-0.1, -0.05) is 48.5 Å². The van der Waals surface area contributed by atoms with Crippen molar-refractivity contribution in [1.82, 2.24) is 5.32 Å². The van der Waals surface area contributed by atoms with Gasteiger partial charge in [-0.2, -0.15) is 12.6 Å². The van der Waals surface area contributed by atoms with Crippen LogP contribution in [0.4, 0.5) is 5.69 Å².